The average molecular weight is 1210 g/mol. The van der Waals surface area contributed by atoms with Crippen molar-refractivity contribution in [2.45, 2.75) is 0 Å². The highest BCUT2D eigenvalue weighted by atomic mass is 15.1. The van der Waals surface area contributed by atoms with Crippen LogP contribution in [0.1, 0.15) is 0 Å². The lowest BCUT2D eigenvalue weighted by molar-refractivity contribution is 1.02. The van der Waals surface area contributed by atoms with Crippen molar-refractivity contribution in [2.75, 3.05) is 0 Å². The summed E-state index contributed by atoms with van der Waals surface area (Å²) in [5, 5.41) is 11.6. The monoisotopic (exact) mass is 1210 g/mol. The summed E-state index contributed by atoms with van der Waals surface area (Å²) in [6.07, 6.45) is 0. The van der Waals surface area contributed by atoms with Crippen LogP contribution in [-0.2, 0) is 0 Å². The second kappa shape index (κ2) is 20.8. The lowest BCUT2D eigenvalue weighted by atomic mass is 10.0. The first kappa shape index (κ1) is 52.9. The Morgan fingerprint density at radius 1 is 0.189 bits per heavy atom. The van der Waals surface area contributed by atoms with Crippen LogP contribution in [0.3, 0.4) is 0 Å². The van der Waals surface area contributed by atoms with Gasteiger partial charge in [-0.25, -0.2) is 9.97 Å². The van der Waals surface area contributed by atoms with Crippen molar-refractivity contribution in [1.29, 1.82) is 0 Å². The van der Waals surface area contributed by atoms with Gasteiger partial charge in [-0.05, 0) is 108 Å². The third kappa shape index (κ3) is 7.94. The van der Waals surface area contributed by atoms with E-state index < -0.39 is 0 Å². The van der Waals surface area contributed by atoms with Crippen molar-refractivity contribution in [3.8, 4) is 73.5 Å². The molecule has 442 valence electrons. The van der Waals surface area contributed by atoms with Gasteiger partial charge in [0.25, 0.3) is 0 Å². The van der Waals surface area contributed by atoms with Gasteiger partial charge in [-0.3, -0.25) is 0 Å². The zero-order chi connectivity index (χ0) is 62.2. The molecule has 20 rings (SSSR count). The molecule has 95 heavy (non-hydrogen) atoms. The Bertz CT molecular complexity index is 6300. The van der Waals surface area contributed by atoms with Crippen LogP contribution in [0.4, 0.5) is 0 Å². The molecule has 6 aromatic heterocycles. The number of nitrogens with zero attached hydrogens (tertiary/aromatic N) is 7. The van der Waals surface area contributed by atoms with Gasteiger partial charge in [0.05, 0.1) is 89.3 Å². The minimum absolute atomic E-state index is 0.591. The molecule has 0 saturated heterocycles. The van der Waals surface area contributed by atoms with Gasteiger partial charge >= 0.3 is 0 Å². The van der Waals surface area contributed by atoms with E-state index in [0.717, 1.165) is 155 Å². The molecule has 0 aliphatic carbocycles. The van der Waals surface area contributed by atoms with Crippen LogP contribution in [0.5, 0.6) is 0 Å². The van der Waals surface area contributed by atoms with Gasteiger partial charge in [0.15, 0.2) is 5.82 Å². The van der Waals surface area contributed by atoms with E-state index in [9.17, 15) is 0 Å². The SMILES string of the molecule is c1ccc(-c2cc(-c3ccccc3)nc(-c3cc(-n4c5ccccc5c5ccccc54)c(-n4c5ccccc5c5cc(-c6ccc7c(c6)c6ccccc6n7-c6ccccc6)ccc54)c(-n4c5ccccc5c5ccccc54)c3-n3c4ccccc4c4ccccc43)n2)cc1. The highest BCUT2D eigenvalue weighted by Crippen LogP contribution is 2.51. The van der Waals surface area contributed by atoms with E-state index >= 15 is 0 Å². The smallest absolute Gasteiger partial charge is 0.162 e. The first-order chi connectivity index (χ1) is 47.2. The summed E-state index contributed by atoms with van der Waals surface area (Å²) >= 11 is 0. The molecule has 20 aromatic rings. The van der Waals surface area contributed by atoms with E-state index in [1.807, 2.05) is 0 Å². The standard InChI is InChI=1S/C88H55N7/c1-4-26-56(27-5-1)72-55-73(57-28-6-2-7-29-57)90-88(89-72)71-54-84(92-75-41-19-10-32-61(75)62-33-11-20-42-76(62)92)86(87(95-79-45-23-14-36-65(79)66-37-15-24-46-80(66)95)85(71)93-77-43-21-12-34-63(77)64-35-13-22-44-78(64)93)94-81-47-25-17-39-68(81)70-53-59(49-51-83(70)94)58-48-50-82-69(52-58)67-38-16-18-40-74(67)91(82)60-30-8-3-9-31-60/h1-55H. The predicted molar refractivity (Wildman–Crippen MR) is 395 cm³/mol. The molecular formula is C88H55N7. The minimum atomic E-state index is 0.591. The normalized spacial score (nSPS) is 12.0. The second-order valence-corrected chi connectivity index (χ2v) is 24.8. The molecule has 0 N–H and O–H groups in total. The van der Waals surface area contributed by atoms with Crippen LogP contribution in [0.15, 0.2) is 334 Å². The molecule has 0 saturated carbocycles. The Kier molecular flexibility index (Phi) is 11.6. The summed E-state index contributed by atoms with van der Waals surface area (Å²) in [4.78, 5) is 11.7. The molecule has 7 nitrogen and oxygen atoms in total. The lowest BCUT2D eigenvalue weighted by Crippen LogP contribution is -2.15. The summed E-state index contributed by atoms with van der Waals surface area (Å²) in [6.45, 7) is 0. The minimum Gasteiger partial charge on any atom is -0.309 e. The number of para-hydroxylation sites is 9. The van der Waals surface area contributed by atoms with E-state index in [1.165, 1.54) is 21.8 Å². The van der Waals surface area contributed by atoms with Crippen molar-refractivity contribution in [1.82, 2.24) is 32.8 Å². The fraction of sp³-hybridized carbons (Fsp3) is 0. The van der Waals surface area contributed by atoms with Gasteiger partial charge in [-0.15, -0.1) is 0 Å². The Morgan fingerprint density at radius 3 is 0.884 bits per heavy atom. The van der Waals surface area contributed by atoms with Crippen LogP contribution in [0.2, 0.25) is 0 Å². The summed E-state index contributed by atoms with van der Waals surface area (Å²) in [7, 11) is 0. The maximum absolute atomic E-state index is 5.86. The van der Waals surface area contributed by atoms with Crippen molar-refractivity contribution >= 4 is 109 Å². The van der Waals surface area contributed by atoms with Gasteiger partial charge in [0.1, 0.15) is 0 Å². The maximum atomic E-state index is 5.86. The Labute approximate surface area is 545 Å². The Balaban J connectivity index is 1.000. The molecule has 0 aliphatic rings. The molecule has 0 amide bonds. The lowest BCUT2D eigenvalue weighted by Gasteiger charge is -2.28. The average Bonchev–Trinajstić information content (AvgIpc) is 1.55. The van der Waals surface area contributed by atoms with E-state index in [4.69, 9.17) is 9.97 Å². The topological polar surface area (TPSA) is 50.4 Å². The molecule has 14 aromatic carbocycles. The molecule has 0 unspecified atom stereocenters. The molecule has 6 heterocycles. The fourth-order valence-electron chi connectivity index (χ4n) is 15.6. The van der Waals surface area contributed by atoms with Crippen LogP contribution < -0.4 is 0 Å². The van der Waals surface area contributed by atoms with Crippen LogP contribution >= 0.6 is 0 Å². The van der Waals surface area contributed by atoms with E-state index in [1.54, 1.807) is 0 Å². The molecule has 0 aliphatic heterocycles. The highest BCUT2D eigenvalue weighted by molar-refractivity contribution is 6.18. The van der Waals surface area contributed by atoms with Gasteiger partial charge in [0.2, 0.25) is 0 Å². The highest BCUT2D eigenvalue weighted by Gasteiger charge is 2.33. The summed E-state index contributed by atoms with van der Waals surface area (Å²) < 4.78 is 12.6. The molecule has 0 bridgehead atoms. The first-order valence-corrected chi connectivity index (χ1v) is 32.5. The van der Waals surface area contributed by atoms with Crippen LogP contribution in [0.25, 0.3) is 182 Å². The number of aromatic nitrogens is 7. The predicted octanol–water partition coefficient (Wildman–Crippen LogP) is 22.6. The Morgan fingerprint density at radius 2 is 0.484 bits per heavy atom. The van der Waals surface area contributed by atoms with E-state index in [2.05, 4.69) is 356 Å². The first-order valence-electron chi connectivity index (χ1n) is 32.5. The van der Waals surface area contributed by atoms with Gasteiger partial charge < -0.3 is 22.8 Å². The third-order valence-electron chi connectivity index (χ3n) is 19.7. The zero-order valence-electron chi connectivity index (χ0n) is 51.4. The van der Waals surface area contributed by atoms with Crippen molar-refractivity contribution in [2.24, 2.45) is 0 Å². The molecule has 0 spiro atoms. The van der Waals surface area contributed by atoms with Gasteiger partial charge in [-0.1, -0.05) is 237 Å². The summed E-state index contributed by atoms with van der Waals surface area (Å²) in [5.74, 6) is 0.591. The Hall–Kier alpha value is -12.8. The molecular weight excluding hydrogens is 1160 g/mol. The number of benzene rings is 14. The molecule has 0 atom stereocenters. The number of hydrogen-bond acceptors (Lipinski definition) is 2. The summed E-state index contributed by atoms with van der Waals surface area (Å²) in [6, 6.07) is 122. The van der Waals surface area contributed by atoms with Gasteiger partial charge in [0, 0.05) is 76.2 Å². The number of rotatable bonds is 9. The third-order valence-corrected chi connectivity index (χ3v) is 19.7. The van der Waals surface area contributed by atoms with Crippen LogP contribution in [0, 0.1) is 0 Å². The molecule has 0 radical (unpaired) electrons. The maximum Gasteiger partial charge on any atom is 0.162 e. The van der Waals surface area contributed by atoms with Gasteiger partial charge in [-0.2, -0.15) is 0 Å². The summed E-state index contributed by atoms with van der Waals surface area (Å²) in [5.41, 5.74) is 22.7. The quantitative estimate of drug-likeness (QED) is 0.145. The van der Waals surface area contributed by atoms with E-state index in [-0.39, 0.29) is 0 Å². The van der Waals surface area contributed by atoms with Crippen molar-refractivity contribution < 1.29 is 0 Å². The molecule has 7 heteroatoms. The largest absolute Gasteiger partial charge is 0.309 e. The zero-order valence-corrected chi connectivity index (χ0v) is 51.4. The number of fused-ring (bicyclic) bond motifs is 15. The second-order valence-electron chi connectivity index (χ2n) is 24.8. The van der Waals surface area contributed by atoms with Crippen molar-refractivity contribution in [3.63, 3.8) is 0 Å². The van der Waals surface area contributed by atoms with Crippen LogP contribution in [-0.4, -0.2) is 32.8 Å². The number of hydrogen-bond donors (Lipinski definition) is 0. The van der Waals surface area contributed by atoms with E-state index in [0.29, 0.717) is 5.82 Å². The molecule has 0 fully saturated rings. The van der Waals surface area contributed by atoms with Crippen molar-refractivity contribution in [3.05, 3.63) is 334 Å². The fourth-order valence-corrected chi connectivity index (χ4v) is 15.6.